The highest BCUT2D eigenvalue weighted by molar-refractivity contribution is 5.57. The average molecular weight is 260 g/mol. The lowest BCUT2D eigenvalue weighted by Crippen LogP contribution is -2.06. The van der Waals surface area contributed by atoms with E-state index in [1.54, 1.807) is 10.9 Å². The molecule has 2 rings (SSSR count). The Morgan fingerprint density at radius 2 is 2.00 bits per heavy atom. The minimum absolute atomic E-state index is 0.790. The Morgan fingerprint density at radius 3 is 2.63 bits per heavy atom. The van der Waals surface area contributed by atoms with Gasteiger partial charge in [-0.15, -0.1) is 0 Å². The molecule has 2 aromatic heterocycles. The first kappa shape index (κ1) is 13.3. The van der Waals surface area contributed by atoms with Crippen LogP contribution in [0.4, 0.5) is 17.3 Å². The molecule has 0 atom stereocenters. The van der Waals surface area contributed by atoms with Crippen molar-refractivity contribution in [3.63, 3.8) is 0 Å². The van der Waals surface area contributed by atoms with E-state index in [1.807, 2.05) is 26.2 Å². The zero-order valence-electron chi connectivity index (χ0n) is 11.6. The van der Waals surface area contributed by atoms with E-state index in [0.717, 1.165) is 42.5 Å². The van der Waals surface area contributed by atoms with Gasteiger partial charge >= 0.3 is 0 Å². The molecule has 0 saturated heterocycles. The van der Waals surface area contributed by atoms with Gasteiger partial charge in [0.1, 0.15) is 17.5 Å². The number of hydrogen-bond acceptors (Lipinski definition) is 5. The molecule has 0 aliphatic rings. The van der Waals surface area contributed by atoms with Crippen LogP contribution in [-0.2, 0) is 13.5 Å². The molecule has 2 N–H and O–H groups in total. The Hall–Kier alpha value is -2.11. The first-order valence-electron chi connectivity index (χ1n) is 6.58. The monoisotopic (exact) mass is 260 g/mol. The molecule has 2 heterocycles. The van der Waals surface area contributed by atoms with E-state index in [9.17, 15) is 0 Å². The summed E-state index contributed by atoms with van der Waals surface area (Å²) in [6, 6.07) is 1.92. The van der Waals surface area contributed by atoms with Crippen LogP contribution in [0.3, 0.4) is 0 Å². The van der Waals surface area contributed by atoms with Crippen molar-refractivity contribution in [1.29, 1.82) is 0 Å². The summed E-state index contributed by atoms with van der Waals surface area (Å²) in [7, 11) is 1.89. The van der Waals surface area contributed by atoms with Gasteiger partial charge in [-0.1, -0.05) is 13.8 Å². The fourth-order valence-electron chi connectivity index (χ4n) is 1.70. The molecule has 0 saturated carbocycles. The number of aromatic nitrogens is 4. The van der Waals surface area contributed by atoms with Crippen LogP contribution >= 0.6 is 0 Å². The third-order valence-corrected chi connectivity index (χ3v) is 2.62. The molecule has 0 aromatic carbocycles. The lowest BCUT2D eigenvalue weighted by Gasteiger charge is -2.09. The second-order valence-electron chi connectivity index (χ2n) is 4.36. The fourth-order valence-corrected chi connectivity index (χ4v) is 1.70. The quantitative estimate of drug-likeness (QED) is 0.834. The zero-order valence-corrected chi connectivity index (χ0v) is 11.6. The second kappa shape index (κ2) is 6.17. The van der Waals surface area contributed by atoms with Gasteiger partial charge in [-0.05, 0) is 6.42 Å². The summed E-state index contributed by atoms with van der Waals surface area (Å²) in [6.07, 6.45) is 5.56. The fraction of sp³-hybridized carbons (Fsp3) is 0.462. The van der Waals surface area contributed by atoms with Crippen molar-refractivity contribution in [2.45, 2.75) is 26.7 Å². The molecular formula is C13H20N6. The summed E-state index contributed by atoms with van der Waals surface area (Å²) in [6.45, 7) is 5.09. The van der Waals surface area contributed by atoms with E-state index in [2.05, 4.69) is 32.6 Å². The summed E-state index contributed by atoms with van der Waals surface area (Å²) in [5, 5.41) is 10.7. The van der Waals surface area contributed by atoms with Crippen molar-refractivity contribution < 1.29 is 0 Å². The van der Waals surface area contributed by atoms with Crippen LogP contribution in [0, 0.1) is 0 Å². The Balaban J connectivity index is 2.18. The lowest BCUT2D eigenvalue weighted by molar-refractivity contribution is 0.768. The number of rotatable bonds is 6. The predicted molar refractivity (Wildman–Crippen MR) is 76.7 cm³/mol. The Kier molecular flexibility index (Phi) is 4.33. The SMILES string of the molecule is CCCNc1cc(Nc2cnn(C)c2)nc(CC)n1. The van der Waals surface area contributed by atoms with Gasteiger partial charge in [0.15, 0.2) is 0 Å². The summed E-state index contributed by atoms with van der Waals surface area (Å²) in [5.74, 6) is 2.48. The van der Waals surface area contributed by atoms with Gasteiger partial charge in [0.05, 0.1) is 11.9 Å². The van der Waals surface area contributed by atoms with Crippen molar-refractivity contribution in [3.05, 3.63) is 24.3 Å². The first-order chi connectivity index (χ1) is 9.21. The van der Waals surface area contributed by atoms with Crippen LogP contribution in [0.5, 0.6) is 0 Å². The van der Waals surface area contributed by atoms with Crippen LogP contribution in [0.25, 0.3) is 0 Å². The molecule has 102 valence electrons. The molecule has 0 amide bonds. The molecule has 0 fully saturated rings. The number of aryl methyl sites for hydroxylation is 2. The van der Waals surface area contributed by atoms with Crippen LogP contribution in [0.15, 0.2) is 18.5 Å². The minimum atomic E-state index is 0.790. The van der Waals surface area contributed by atoms with E-state index in [0.29, 0.717) is 0 Å². The first-order valence-corrected chi connectivity index (χ1v) is 6.58. The van der Waals surface area contributed by atoms with Crippen molar-refractivity contribution in [1.82, 2.24) is 19.7 Å². The van der Waals surface area contributed by atoms with E-state index >= 15 is 0 Å². The third kappa shape index (κ3) is 3.67. The van der Waals surface area contributed by atoms with E-state index in [1.165, 1.54) is 0 Å². The Labute approximate surface area is 113 Å². The zero-order chi connectivity index (χ0) is 13.7. The molecule has 19 heavy (non-hydrogen) atoms. The lowest BCUT2D eigenvalue weighted by atomic mass is 10.4. The van der Waals surface area contributed by atoms with Crippen molar-refractivity contribution in [2.75, 3.05) is 17.2 Å². The van der Waals surface area contributed by atoms with Crippen LogP contribution < -0.4 is 10.6 Å². The van der Waals surface area contributed by atoms with Gasteiger partial charge in [0, 0.05) is 32.3 Å². The number of anilines is 3. The molecule has 0 spiro atoms. The molecule has 0 aliphatic heterocycles. The molecular weight excluding hydrogens is 240 g/mol. The van der Waals surface area contributed by atoms with Crippen molar-refractivity contribution in [3.8, 4) is 0 Å². The predicted octanol–water partition coefficient (Wildman–Crippen LogP) is 2.34. The number of nitrogens with zero attached hydrogens (tertiary/aromatic N) is 4. The van der Waals surface area contributed by atoms with Crippen molar-refractivity contribution in [2.24, 2.45) is 7.05 Å². The van der Waals surface area contributed by atoms with Gasteiger partial charge in [0.2, 0.25) is 0 Å². The van der Waals surface area contributed by atoms with E-state index in [4.69, 9.17) is 0 Å². The highest BCUT2D eigenvalue weighted by Crippen LogP contribution is 2.17. The molecule has 2 aromatic rings. The van der Waals surface area contributed by atoms with Gasteiger partial charge in [-0.25, -0.2) is 9.97 Å². The summed E-state index contributed by atoms with van der Waals surface area (Å²) in [4.78, 5) is 8.92. The molecule has 6 heteroatoms. The Morgan fingerprint density at radius 1 is 1.21 bits per heavy atom. The molecule has 0 unspecified atom stereocenters. The van der Waals surface area contributed by atoms with Crippen molar-refractivity contribution >= 4 is 17.3 Å². The molecule has 0 aliphatic carbocycles. The maximum atomic E-state index is 4.47. The summed E-state index contributed by atoms with van der Waals surface area (Å²) in [5.41, 5.74) is 0.921. The summed E-state index contributed by atoms with van der Waals surface area (Å²) < 4.78 is 1.75. The summed E-state index contributed by atoms with van der Waals surface area (Å²) >= 11 is 0. The minimum Gasteiger partial charge on any atom is -0.370 e. The van der Waals surface area contributed by atoms with Crippen LogP contribution in [-0.4, -0.2) is 26.3 Å². The van der Waals surface area contributed by atoms with Crippen LogP contribution in [0.2, 0.25) is 0 Å². The number of nitrogens with one attached hydrogen (secondary N) is 2. The third-order valence-electron chi connectivity index (χ3n) is 2.62. The molecule has 0 radical (unpaired) electrons. The average Bonchev–Trinajstić information content (AvgIpc) is 2.81. The Bertz CT molecular complexity index is 534. The highest BCUT2D eigenvalue weighted by Gasteiger charge is 2.04. The maximum Gasteiger partial charge on any atom is 0.136 e. The van der Waals surface area contributed by atoms with Gasteiger partial charge in [-0.3, -0.25) is 4.68 Å². The largest absolute Gasteiger partial charge is 0.370 e. The number of hydrogen-bond donors (Lipinski definition) is 2. The molecule has 0 bridgehead atoms. The van der Waals surface area contributed by atoms with Gasteiger partial charge in [0.25, 0.3) is 0 Å². The molecule has 6 nitrogen and oxygen atoms in total. The topological polar surface area (TPSA) is 67.7 Å². The normalized spacial score (nSPS) is 10.5. The van der Waals surface area contributed by atoms with Gasteiger partial charge < -0.3 is 10.6 Å². The van der Waals surface area contributed by atoms with Gasteiger partial charge in [-0.2, -0.15) is 5.10 Å². The maximum absolute atomic E-state index is 4.47. The van der Waals surface area contributed by atoms with E-state index in [-0.39, 0.29) is 0 Å². The van der Waals surface area contributed by atoms with Crippen LogP contribution in [0.1, 0.15) is 26.1 Å². The van der Waals surface area contributed by atoms with E-state index < -0.39 is 0 Å². The second-order valence-corrected chi connectivity index (χ2v) is 4.36. The smallest absolute Gasteiger partial charge is 0.136 e. The highest BCUT2D eigenvalue weighted by atomic mass is 15.3. The standard InChI is InChI=1S/C13H20N6/c1-4-6-14-12-7-13(18-11(5-2)17-12)16-10-8-15-19(3)9-10/h7-9H,4-6H2,1-3H3,(H2,14,16,17,18).